The summed E-state index contributed by atoms with van der Waals surface area (Å²) >= 11 is 0. The molecule has 3 N–H and O–H groups in total. The van der Waals surface area contributed by atoms with Gasteiger partial charge in [-0.2, -0.15) is 0 Å². The van der Waals surface area contributed by atoms with Gasteiger partial charge >= 0.3 is 0 Å². The van der Waals surface area contributed by atoms with Crippen LogP contribution in [0.1, 0.15) is 23.3 Å². The van der Waals surface area contributed by atoms with E-state index in [1.54, 1.807) is 12.4 Å². The molecule has 0 unspecified atom stereocenters. The van der Waals surface area contributed by atoms with Gasteiger partial charge in [0.15, 0.2) is 0 Å². The summed E-state index contributed by atoms with van der Waals surface area (Å²) in [5.74, 6) is 1.28. The van der Waals surface area contributed by atoms with Crippen molar-refractivity contribution in [2.45, 2.75) is 18.9 Å². The number of carbonyl (C=O) groups excluding carboxylic acids is 1. The van der Waals surface area contributed by atoms with E-state index < -0.39 is 0 Å². The third kappa shape index (κ3) is 4.78. The van der Waals surface area contributed by atoms with Crippen LogP contribution in [0, 0.1) is 0 Å². The Morgan fingerprint density at radius 2 is 1.81 bits per heavy atom. The third-order valence-electron chi connectivity index (χ3n) is 6.43. The average molecular weight is 482 g/mol. The van der Waals surface area contributed by atoms with Gasteiger partial charge < -0.3 is 25.3 Å². The van der Waals surface area contributed by atoms with Crippen LogP contribution >= 0.6 is 0 Å². The van der Waals surface area contributed by atoms with Gasteiger partial charge in [0.1, 0.15) is 17.5 Å². The second-order valence-corrected chi connectivity index (χ2v) is 8.98. The zero-order chi connectivity index (χ0) is 24.3. The molecule has 1 fully saturated rings. The molecule has 9 heteroatoms. The molecule has 0 spiro atoms. The lowest BCUT2D eigenvalue weighted by molar-refractivity contribution is 0.0731. The minimum atomic E-state index is 0.0288. The molecule has 36 heavy (non-hydrogen) atoms. The van der Waals surface area contributed by atoms with Crippen molar-refractivity contribution in [1.29, 1.82) is 0 Å². The van der Waals surface area contributed by atoms with E-state index in [1.165, 1.54) is 0 Å². The number of H-pyrrole nitrogens is 1. The SMILES string of the molecule is O=C(c1cc2cc(Nc3nccc(-c4cc(OC5CC=CC5)ccn4)n3)ccc2[nH]1)N1CCNCC1. The largest absolute Gasteiger partial charge is 0.490 e. The number of rotatable bonds is 6. The summed E-state index contributed by atoms with van der Waals surface area (Å²) in [5, 5.41) is 7.49. The molecule has 1 saturated heterocycles. The minimum Gasteiger partial charge on any atom is -0.490 e. The average Bonchev–Trinajstić information content (AvgIpc) is 3.59. The lowest BCUT2D eigenvalue weighted by atomic mass is 10.2. The number of nitrogens with zero attached hydrogens (tertiary/aromatic N) is 4. The number of amides is 1. The van der Waals surface area contributed by atoms with E-state index in [0.29, 0.717) is 17.3 Å². The molecular formula is C27H27N7O2. The summed E-state index contributed by atoms with van der Waals surface area (Å²) in [6.45, 7) is 3.08. The van der Waals surface area contributed by atoms with Crippen LogP contribution < -0.4 is 15.4 Å². The monoisotopic (exact) mass is 481 g/mol. The fourth-order valence-electron chi connectivity index (χ4n) is 4.56. The molecule has 182 valence electrons. The first-order chi connectivity index (χ1) is 17.7. The summed E-state index contributed by atoms with van der Waals surface area (Å²) in [5.41, 5.74) is 3.77. The van der Waals surface area contributed by atoms with Gasteiger partial charge in [-0.15, -0.1) is 0 Å². The van der Waals surface area contributed by atoms with Gasteiger partial charge in [0.2, 0.25) is 5.95 Å². The Morgan fingerprint density at radius 1 is 0.972 bits per heavy atom. The molecule has 2 aliphatic rings. The van der Waals surface area contributed by atoms with Crippen LogP contribution in [-0.2, 0) is 0 Å². The van der Waals surface area contributed by atoms with Crippen molar-refractivity contribution >= 4 is 28.4 Å². The van der Waals surface area contributed by atoms with Crippen molar-refractivity contribution in [2.75, 3.05) is 31.5 Å². The summed E-state index contributed by atoms with van der Waals surface area (Å²) in [7, 11) is 0. The van der Waals surface area contributed by atoms with Gasteiger partial charge in [0.05, 0.1) is 11.4 Å². The number of anilines is 2. The van der Waals surface area contributed by atoms with Crippen molar-refractivity contribution < 1.29 is 9.53 Å². The predicted molar refractivity (Wildman–Crippen MR) is 138 cm³/mol. The highest BCUT2D eigenvalue weighted by Crippen LogP contribution is 2.26. The van der Waals surface area contributed by atoms with Crippen molar-refractivity contribution in [3.63, 3.8) is 0 Å². The number of benzene rings is 1. The first-order valence-electron chi connectivity index (χ1n) is 12.2. The quantitative estimate of drug-likeness (QED) is 0.359. The Kier molecular flexibility index (Phi) is 6.05. The molecule has 4 aromatic rings. The molecule has 0 bridgehead atoms. The number of aromatic amines is 1. The fraction of sp³-hybridized carbons (Fsp3) is 0.259. The number of piperazine rings is 1. The maximum Gasteiger partial charge on any atom is 0.270 e. The fourth-order valence-corrected chi connectivity index (χ4v) is 4.56. The number of ether oxygens (including phenoxy) is 1. The van der Waals surface area contributed by atoms with Gasteiger partial charge in [-0.1, -0.05) is 12.2 Å². The number of aromatic nitrogens is 4. The van der Waals surface area contributed by atoms with Gasteiger partial charge in [-0.3, -0.25) is 9.78 Å². The number of pyridine rings is 1. The van der Waals surface area contributed by atoms with Crippen molar-refractivity contribution in [1.82, 2.24) is 30.2 Å². The van der Waals surface area contributed by atoms with Crippen molar-refractivity contribution in [3.8, 4) is 17.1 Å². The first kappa shape index (κ1) is 22.2. The van der Waals surface area contributed by atoms with E-state index in [1.807, 2.05) is 47.4 Å². The molecule has 0 atom stereocenters. The lowest BCUT2D eigenvalue weighted by Crippen LogP contribution is -2.46. The van der Waals surface area contributed by atoms with Crippen molar-refractivity contribution in [2.24, 2.45) is 0 Å². The zero-order valence-electron chi connectivity index (χ0n) is 19.8. The first-order valence-corrected chi connectivity index (χ1v) is 12.2. The number of hydrogen-bond acceptors (Lipinski definition) is 7. The van der Waals surface area contributed by atoms with E-state index in [-0.39, 0.29) is 12.0 Å². The van der Waals surface area contributed by atoms with Gasteiger partial charge in [0, 0.05) is 74.1 Å². The van der Waals surface area contributed by atoms with Crippen LogP contribution in [0.4, 0.5) is 11.6 Å². The van der Waals surface area contributed by atoms with Crippen LogP contribution in [0.5, 0.6) is 5.75 Å². The van der Waals surface area contributed by atoms with Crippen LogP contribution in [0.2, 0.25) is 0 Å². The maximum absolute atomic E-state index is 12.9. The highest BCUT2D eigenvalue weighted by Gasteiger charge is 2.20. The molecule has 3 aromatic heterocycles. The van der Waals surface area contributed by atoms with E-state index >= 15 is 0 Å². The van der Waals surface area contributed by atoms with Crippen LogP contribution in [0.25, 0.3) is 22.3 Å². The molecule has 1 amide bonds. The highest BCUT2D eigenvalue weighted by molar-refractivity contribution is 5.98. The summed E-state index contributed by atoms with van der Waals surface area (Å²) in [6, 6.07) is 13.4. The molecule has 1 aromatic carbocycles. The number of hydrogen-bond donors (Lipinski definition) is 3. The van der Waals surface area contributed by atoms with Crippen molar-refractivity contribution in [3.05, 3.63) is 72.7 Å². The Labute approximate surface area is 208 Å². The normalized spacial score (nSPS) is 15.9. The smallest absolute Gasteiger partial charge is 0.270 e. The molecule has 0 radical (unpaired) electrons. The number of fused-ring (bicyclic) bond motifs is 1. The Balaban J connectivity index is 1.18. The van der Waals surface area contributed by atoms with Crippen LogP contribution in [0.15, 0.2) is 67.0 Å². The van der Waals surface area contributed by atoms with E-state index in [0.717, 1.165) is 67.1 Å². The molecule has 9 nitrogen and oxygen atoms in total. The Bertz CT molecular complexity index is 1420. The van der Waals surface area contributed by atoms with E-state index in [9.17, 15) is 4.79 Å². The zero-order valence-corrected chi connectivity index (χ0v) is 19.8. The number of carbonyl (C=O) groups is 1. The second-order valence-electron chi connectivity index (χ2n) is 8.98. The summed E-state index contributed by atoms with van der Waals surface area (Å²) in [6.07, 6.45) is 9.77. The number of nitrogens with one attached hydrogen (secondary N) is 3. The molecule has 0 saturated carbocycles. The van der Waals surface area contributed by atoms with Crippen LogP contribution in [0.3, 0.4) is 0 Å². The molecule has 6 rings (SSSR count). The Hall–Kier alpha value is -4.24. The summed E-state index contributed by atoms with van der Waals surface area (Å²) in [4.78, 5) is 31.5. The molecule has 1 aliphatic carbocycles. The standard InChI is InChI=1S/C27H27N7O2/c35-26(34-13-11-28-12-14-34)25-16-18-15-19(5-6-22(18)32-25)31-27-30-10-8-23(33-27)24-17-21(7-9-29-24)36-20-3-1-2-4-20/h1-2,5-10,15-17,20,28,32H,3-4,11-14H2,(H,30,31,33). The molecular weight excluding hydrogens is 454 g/mol. The van der Waals surface area contributed by atoms with Gasteiger partial charge in [-0.25, -0.2) is 9.97 Å². The highest BCUT2D eigenvalue weighted by atomic mass is 16.5. The van der Waals surface area contributed by atoms with E-state index in [2.05, 4.69) is 42.7 Å². The van der Waals surface area contributed by atoms with Gasteiger partial charge in [-0.05, 0) is 36.4 Å². The second kappa shape index (κ2) is 9.79. The summed E-state index contributed by atoms with van der Waals surface area (Å²) < 4.78 is 6.07. The third-order valence-corrected chi connectivity index (χ3v) is 6.43. The van der Waals surface area contributed by atoms with Crippen LogP contribution in [-0.4, -0.2) is 63.0 Å². The predicted octanol–water partition coefficient (Wildman–Crippen LogP) is 3.91. The molecule has 4 heterocycles. The minimum absolute atomic E-state index is 0.0288. The molecule has 1 aliphatic heterocycles. The topological polar surface area (TPSA) is 108 Å². The van der Waals surface area contributed by atoms with Gasteiger partial charge in [0.25, 0.3) is 5.91 Å². The lowest BCUT2D eigenvalue weighted by Gasteiger charge is -2.26. The Morgan fingerprint density at radius 3 is 2.67 bits per heavy atom. The van der Waals surface area contributed by atoms with E-state index in [4.69, 9.17) is 4.74 Å². The maximum atomic E-state index is 12.9.